The molecule has 0 aliphatic carbocycles. The molecule has 0 aliphatic rings. The van der Waals surface area contributed by atoms with Crippen LogP contribution in [-0.2, 0) is 33.3 Å². The van der Waals surface area contributed by atoms with Gasteiger partial charge in [0.1, 0.15) is 13.2 Å². The number of carbonyl (C=O) groups is 3. The van der Waals surface area contributed by atoms with Gasteiger partial charge >= 0.3 is 11.9 Å². The van der Waals surface area contributed by atoms with Crippen LogP contribution < -0.4 is 5.11 Å². The van der Waals surface area contributed by atoms with Crippen LogP contribution in [0.1, 0.15) is 386 Å². The summed E-state index contributed by atoms with van der Waals surface area (Å²) >= 11 is 0. The molecule has 0 bridgehead atoms. The number of quaternary nitrogens is 1. The Hall–Kier alpha value is -3.79. The van der Waals surface area contributed by atoms with Gasteiger partial charge < -0.3 is 33.3 Å². The first-order valence-electron chi connectivity index (χ1n) is 41.4. The highest BCUT2D eigenvalue weighted by Crippen LogP contribution is 2.19. The number of carbonyl (C=O) groups excluding carboxylic acids is 3. The molecule has 0 aromatic carbocycles. The number of nitrogens with zero attached hydrogens (tertiary/aromatic N) is 1. The van der Waals surface area contributed by atoms with Crippen LogP contribution in [-0.4, -0.2) is 82.3 Å². The van der Waals surface area contributed by atoms with Crippen LogP contribution in [0.2, 0.25) is 0 Å². The molecule has 0 amide bonds. The van der Waals surface area contributed by atoms with Gasteiger partial charge in [-0.25, -0.2) is 0 Å². The van der Waals surface area contributed by atoms with Crippen LogP contribution >= 0.6 is 0 Å². The van der Waals surface area contributed by atoms with Crippen molar-refractivity contribution in [2.75, 3.05) is 47.5 Å². The number of hydrogen-bond donors (Lipinski definition) is 0. The summed E-state index contributed by atoms with van der Waals surface area (Å²) in [5.41, 5.74) is 0. The second-order valence-electron chi connectivity index (χ2n) is 29.0. The van der Waals surface area contributed by atoms with E-state index in [2.05, 4.69) is 111 Å². The van der Waals surface area contributed by atoms with Crippen molar-refractivity contribution in [1.82, 2.24) is 0 Å². The molecule has 2 unspecified atom stereocenters. The zero-order valence-corrected chi connectivity index (χ0v) is 64.4. The number of esters is 2. The lowest BCUT2D eigenvalue weighted by Gasteiger charge is -2.26. The van der Waals surface area contributed by atoms with E-state index in [9.17, 15) is 19.5 Å². The Kier molecular flexibility index (Phi) is 74.9. The van der Waals surface area contributed by atoms with E-state index in [-0.39, 0.29) is 32.2 Å². The second-order valence-corrected chi connectivity index (χ2v) is 29.0. The molecule has 97 heavy (non-hydrogen) atoms. The van der Waals surface area contributed by atoms with E-state index in [1.165, 1.54) is 263 Å². The topological polar surface area (TPSA) is 111 Å². The number of unbranched alkanes of at least 4 members (excludes halogenated alkanes) is 46. The van der Waals surface area contributed by atoms with Gasteiger partial charge in [0, 0.05) is 12.8 Å². The Labute approximate surface area is 601 Å². The van der Waals surface area contributed by atoms with E-state index in [1.54, 1.807) is 0 Å². The van der Waals surface area contributed by atoms with Gasteiger partial charge in [0.2, 0.25) is 0 Å². The van der Waals surface area contributed by atoms with Gasteiger partial charge in [0.05, 0.1) is 40.3 Å². The zero-order chi connectivity index (χ0) is 70.4. The van der Waals surface area contributed by atoms with Gasteiger partial charge in [-0.3, -0.25) is 9.59 Å². The van der Waals surface area contributed by atoms with Crippen molar-refractivity contribution < 1.29 is 42.9 Å². The van der Waals surface area contributed by atoms with Crippen LogP contribution in [0.5, 0.6) is 0 Å². The first kappa shape index (κ1) is 93.2. The summed E-state index contributed by atoms with van der Waals surface area (Å²) in [6.45, 7) is 4.67. The molecule has 9 heteroatoms. The van der Waals surface area contributed by atoms with E-state index in [4.69, 9.17) is 18.9 Å². The van der Waals surface area contributed by atoms with Crippen molar-refractivity contribution in [3.05, 3.63) is 97.2 Å². The maximum absolute atomic E-state index is 13.0. The van der Waals surface area contributed by atoms with Crippen molar-refractivity contribution in [1.29, 1.82) is 0 Å². The van der Waals surface area contributed by atoms with Gasteiger partial charge in [-0.05, 0) is 96.3 Å². The fraction of sp³-hybridized carbons (Fsp3) is 0.784. The number of aliphatic carboxylic acids is 1. The monoisotopic (exact) mass is 1360 g/mol. The fourth-order valence-electron chi connectivity index (χ4n) is 12.0. The second kappa shape index (κ2) is 77.9. The molecule has 0 aliphatic heterocycles. The first-order chi connectivity index (χ1) is 47.6. The first-order valence-corrected chi connectivity index (χ1v) is 41.4. The van der Waals surface area contributed by atoms with Gasteiger partial charge in [0.25, 0.3) is 0 Å². The molecule has 2 atom stereocenters. The van der Waals surface area contributed by atoms with Crippen molar-refractivity contribution in [2.45, 2.75) is 399 Å². The highest BCUT2D eigenvalue weighted by Gasteiger charge is 2.22. The van der Waals surface area contributed by atoms with Crippen molar-refractivity contribution in [3.63, 3.8) is 0 Å². The highest BCUT2D eigenvalue weighted by molar-refractivity contribution is 5.70. The Morgan fingerprint density at radius 2 is 0.588 bits per heavy atom. The van der Waals surface area contributed by atoms with Gasteiger partial charge in [0.15, 0.2) is 12.4 Å². The Morgan fingerprint density at radius 3 is 0.887 bits per heavy atom. The number of ether oxygens (including phenoxy) is 4. The van der Waals surface area contributed by atoms with Crippen LogP contribution in [0, 0.1) is 0 Å². The molecule has 0 N–H and O–H groups in total. The van der Waals surface area contributed by atoms with E-state index < -0.39 is 24.3 Å². The molecule has 562 valence electrons. The minimum absolute atomic E-state index is 0.144. The van der Waals surface area contributed by atoms with Crippen LogP contribution in [0.25, 0.3) is 0 Å². The predicted molar refractivity (Wildman–Crippen MR) is 417 cm³/mol. The number of likely N-dealkylation sites (N-methyl/N-ethyl adjacent to an activating group) is 1. The molecule has 9 nitrogen and oxygen atoms in total. The minimum atomic E-state index is -1.63. The fourth-order valence-corrected chi connectivity index (χ4v) is 12.0. The SMILES string of the molecule is CC/C=C\C/C=C\C/C=C\C/C=C\C/C=C\C/C=C\C/C=C\CCCCCCCCCCCC(=O)OC(COC(=O)CCCCCCCCCCCCCCCCCCCCCCCCCCCCCCC/C=C\CCCCCCCCCC)COC(OCC[N+](C)(C)C)C(=O)[O-]. The molecule has 0 rings (SSSR count). The van der Waals surface area contributed by atoms with E-state index in [0.29, 0.717) is 23.9 Å². The van der Waals surface area contributed by atoms with Gasteiger partial charge in [-0.1, -0.05) is 374 Å². The van der Waals surface area contributed by atoms with Gasteiger partial charge in [-0.15, -0.1) is 0 Å². The molecule has 0 saturated carbocycles. The summed E-state index contributed by atoms with van der Waals surface area (Å²) in [5, 5.41) is 11.9. The Bertz CT molecular complexity index is 1920. The van der Waals surface area contributed by atoms with Crippen molar-refractivity contribution in [2.24, 2.45) is 0 Å². The lowest BCUT2D eigenvalue weighted by atomic mass is 10.0. The summed E-state index contributed by atoms with van der Waals surface area (Å²) in [6.07, 6.45) is 105. The minimum Gasteiger partial charge on any atom is -0.545 e. The van der Waals surface area contributed by atoms with Crippen LogP contribution in [0.4, 0.5) is 0 Å². The molecule has 0 aromatic heterocycles. The molecular formula is C88H157NO8. The summed E-state index contributed by atoms with van der Waals surface area (Å²) in [4.78, 5) is 37.6. The summed E-state index contributed by atoms with van der Waals surface area (Å²) < 4.78 is 22.9. The number of carboxylic acids is 1. The summed E-state index contributed by atoms with van der Waals surface area (Å²) in [7, 11) is 5.94. The standard InChI is InChI=1S/C88H157NO8/c1-6-8-10-12-14-16-18-20-22-24-26-28-30-32-34-36-38-39-40-41-42-43-44-45-46-47-49-50-52-54-56-58-60-62-64-66-68-70-72-74-76-78-85(90)95-82-84(83-96-88(87(92)93)94-81-80-89(3,4)5)97-86(91)79-77-75-73-71-69-67-65-63-61-59-57-55-53-51-48-37-35-33-31-29-27-25-23-21-19-17-15-13-11-9-7-2/h9,11,15,17,21,23-24,26-27,29,33,35,48,51,55,57,84,88H,6-8,10,12-14,16,18-20,22,25,28,30-32,34,36-47,49-50,52-54,56,58-83H2,1-5H3/b11-9-,17-15-,23-21-,26-24-,29-27-,35-33-,51-48-,57-55-. The van der Waals surface area contributed by atoms with Gasteiger partial charge in [-0.2, -0.15) is 0 Å². The van der Waals surface area contributed by atoms with E-state index in [0.717, 1.165) is 89.9 Å². The maximum atomic E-state index is 13.0. The molecule has 0 spiro atoms. The molecule has 0 aromatic rings. The smallest absolute Gasteiger partial charge is 0.306 e. The predicted octanol–water partition coefficient (Wildman–Crippen LogP) is 25.4. The third-order valence-electron chi connectivity index (χ3n) is 18.3. The lowest BCUT2D eigenvalue weighted by Crippen LogP contribution is -2.44. The quantitative estimate of drug-likeness (QED) is 0.0195. The largest absolute Gasteiger partial charge is 0.545 e. The molecular weight excluding hydrogens is 1200 g/mol. The number of allylic oxidation sites excluding steroid dienone is 16. The average molecular weight is 1360 g/mol. The Morgan fingerprint density at radius 1 is 0.320 bits per heavy atom. The lowest BCUT2D eigenvalue weighted by molar-refractivity contribution is -0.870. The van der Waals surface area contributed by atoms with Crippen molar-refractivity contribution in [3.8, 4) is 0 Å². The third-order valence-corrected chi connectivity index (χ3v) is 18.3. The van der Waals surface area contributed by atoms with Crippen LogP contribution in [0.15, 0.2) is 97.2 Å². The number of rotatable bonds is 77. The molecule has 0 heterocycles. The zero-order valence-electron chi connectivity index (χ0n) is 64.4. The average Bonchev–Trinajstić information content (AvgIpc) is 2.39. The van der Waals surface area contributed by atoms with E-state index in [1.807, 2.05) is 21.1 Å². The van der Waals surface area contributed by atoms with Crippen LogP contribution in [0.3, 0.4) is 0 Å². The number of carboxylic acid groups (broad SMARTS) is 1. The van der Waals surface area contributed by atoms with E-state index >= 15 is 0 Å². The normalized spacial score (nSPS) is 13.1. The summed E-state index contributed by atoms with van der Waals surface area (Å²) in [6, 6.07) is 0. The molecule has 0 saturated heterocycles. The summed E-state index contributed by atoms with van der Waals surface area (Å²) in [5.74, 6) is -2.28. The Balaban J connectivity index is 3.98. The van der Waals surface area contributed by atoms with Crippen molar-refractivity contribution >= 4 is 17.9 Å². The molecule has 0 fully saturated rings. The third kappa shape index (κ3) is 79.4. The number of hydrogen-bond acceptors (Lipinski definition) is 8. The molecule has 0 radical (unpaired) electrons. The highest BCUT2D eigenvalue weighted by atomic mass is 16.7. The maximum Gasteiger partial charge on any atom is 0.306 e.